The molecular formula is C36H58O7. The van der Waals surface area contributed by atoms with Gasteiger partial charge in [0.1, 0.15) is 17.1 Å². The Morgan fingerprint density at radius 1 is 1.09 bits per heavy atom. The second kappa shape index (κ2) is 13.6. The van der Waals surface area contributed by atoms with E-state index in [4.69, 9.17) is 9.47 Å². The molecular weight excluding hydrogens is 544 g/mol. The number of aromatic hydroxyl groups is 1. The van der Waals surface area contributed by atoms with Crippen LogP contribution in [0.25, 0.3) is 0 Å². The van der Waals surface area contributed by atoms with Crippen LogP contribution in [-0.4, -0.2) is 56.6 Å². The molecule has 0 aromatic heterocycles. The van der Waals surface area contributed by atoms with Crippen molar-refractivity contribution in [2.75, 3.05) is 0 Å². The Kier molecular flexibility index (Phi) is 11.2. The van der Waals surface area contributed by atoms with Gasteiger partial charge in [0.05, 0.1) is 29.5 Å². The number of carbonyl (C=O) groups excluding carboxylic acids is 1. The predicted octanol–water partition coefficient (Wildman–Crippen LogP) is 7.51. The van der Waals surface area contributed by atoms with E-state index in [-0.39, 0.29) is 52.5 Å². The van der Waals surface area contributed by atoms with E-state index >= 15 is 0 Å². The first-order valence-corrected chi connectivity index (χ1v) is 16.6. The van der Waals surface area contributed by atoms with E-state index in [1.807, 2.05) is 13.8 Å². The van der Waals surface area contributed by atoms with Gasteiger partial charge in [0.25, 0.3) is 0 Å². The first-order chi connectivity index (χ1) is 20.0. The van der Waals surface area contributed by atoms with Gasteiger partial charge >= 0.3 is 5.97 Å². The Bertz CT molecular complexity index is 1150. The van der Waals surface area contributed by atoms with Crippen molar-refractivity contribution in [3.63, 3.8) is 0 Å². The van der Waals surface area contributed by atoms with Crippen molar-refractivity contribution in [2.24, 2.45) is 29.1 Å². The lowest BCUT2D eigenvalue weighted by Crippen LogP contribution is -2.54. The molecule has 1 aromatic carbocycles. The third kappa shape index (κ3) is 6.69. The van der Waals surface area contributed by atoms with Gasteiger partial charge in [-0.3, -0.25) is 4.79 Å². The fraction of sp³-hybridized carbons (Fsp3) is 0.778. The number of aliphatic hydroxyl groups is 1. The Morgan fingerprint density at radius 2 is 1.74 bits per heavy atom. The standard InChI is InChI=1S/C36H58O7/c1-11-27(35(10)23(6)20-36(13-3,43-35)28-18-19-34(9,12-2)25(8)42-28)32(39)24(7)30(37)21(4)14-16-26-17-15-22(5)31(38)29(26)33(40)41/h15,17,21,23-25,27-28,30,37-38H,11-14,16,18-20H2,1-10H3,(H,40,41)/t21-,23+,24+,25-,27+,28-,30+,34-,35+,36+/m1/s1. The minimum Gasteiger partial charge on any atom is -0.507 e. The summed E-state index contributed by atoms with van der Waals surface area (Å²) in [5, 5.41) is 31.3. The van der Waals surface area contributed by atoms with Crippen LogP contribution in [0.1, 0.15) is 129 Å². The Balaban J connectivity index is 1.75. The van der Waals surface area contributed by atoms with Crippen LogP contribution in [0.3, 0.4) is 0 Å². The number of Topliss-reactive ketones (excluding diaryl/α,β-unsaturated/α-hetero) is 1. The van der Waals surface area contributed by atoms with Crippen LogP contribution < -0.4 is 0 Å². The number of carboxylic acid groups (broad SMARTS) is 1. The monoisotopic (exact) mass is 602 g/mol. The van der Waals surface area contributed by atoms with Crippen LogP contribution >= 0.6 is 0 Å². The summed E-state index contributed by atoms with van der Waals surface area (Å²) in [7, 11) is 0. The zero-order chi connectivity index (χ0) is 32.5. The highest BCUT2D eigenvalue weighted by Crippen LogP contribution is 2.54. The molecule has 10 atom stereocenters. The van der Waals surface area contributed by atoms with Gasteiger partial charge in [0, 0.05) is 11.8 Å². The van der Waals surface area contributed by atoms with Gasteiger partial charge in [-0.2, -0.15) is 0 Å². The maximum absolute atomic E-state index is 14.1. The van der Waals surface area contributed by atoms with E-state index in [9.17, 15) is 24.9 Å². The summed E-state index contributed by atoms with van der Waals surface area (Å²) in [5.74, 6) is -2.47. The molecule has 2 aliphatic heterocycles. The predicted molar refractivity (Wildman–Crippen MR) is 170 cm³/mol. The van der Waals surface area contributed by atoms with E-state index in [0.717, 1.165) is 32.1 Å². The summed E-state index contributed by atoms with van der Waals surface area (Å²) in [6.07, 6.45) is 5.50. The molecule has 244 valence electrons. The highest BCUT2D eigenvalue weighted by molar-refractivity contribution is 5.93. The molecule has 43 heavy (non-hydrogen) atoms. The van der Waals surface area contributed by atoms with Crippen LogP contribution in [0.4, 0.5) is 0 Å². The molecule has 2 saturated heterocycles. The molecule has 2 fully saturated rings. The molecule has 3 N–H and O–H groups in total. The SMILES string of the molecule is CC[C@@H](C(=O)[C@@H](C)[C@@H](O)[C@H](C)CCc1ccc(C)c(O)c1C(=O)O)[C@@]1(C)O[C@](CC)([C@H]2CC[C@@](C)(CC)[C@@H](C)O2)C[C@@H]1C. The fourth-order valence-electron chi connectivity index (χ4n) is 7.96. The maximum atomic E-state index is 14.1. The average molecular weight is 603 g/mol. The van der Waals surface area contributed by atoms with Gasteiger partial charge < -0.3 is 24.8 Å². The van der Waals surface area contributed by atoms with Gasteiger partial charge in [0.2, 0.25) is 0 Å². The topological polar surface area (TPSA) is 113 Å². The van der Waals surface area contributed by atoms with Crippen molar-refractivity contribution in [2.45, 2.75) is 150 Å². The van der Waals surface area contributed by atoms with Crippen LogP contribution in [-0.2, 0) is 20.7 Å². The zero-order valence-electron chi connectivity index (χ0n) is 28.3. The van der Waals surface area contributed by atoms with Crippen LogP contribution in [0.5, 0.6) is 5.75 Å². The molecule has 0 unspecified atom stereocenters. The summed E-state index contributed by atoms with van der Waals surface area (Å²) in [4.78, 5) is 25.9. The minimum absolute atomic E-state index is 0.0102. The van der Waals surface area contributed by atoms with Crippen LogP contribution in [0.2, 0.25) is 0 Å². The van der Waals surface area contributed by atoms with Crippen LogP contribution in [0.15, 0.2) is 12.1 Å². The number of ether oxygens (including phenoxy) is 2. The number of aliphatic hydroxyl groups excluding tert-OH is 1. The molecule has 3 rings (SSSR count). The summed E-state index contributed by atoms with van der Waals surface area (Å²) >= 11 is 0. The molecule has 0 radical (unpaired) electrons. The van der Waals surface area contributed by atoms with Crippen molar-refractivity contribution in [1.29, 1.82) is 0 Å². The van der Waals surface area contributed by atoms with Gasteiger partial charge in [-0.05, 0) is 101 Å². The number of rotatable bonds is 13. The third-order valence-corrected chi connectivity index (χ3v) is 11.9. The van der Waals surface area contributed by atoms with Crippen LogP contribution in [0, 0.1) is 36.0 Å². The fourth-order valence-corrected chi connectivity index (χ4v) is 7.96. The van der Waals surface area contributed by atoms with Crippen molar-refractivity contribution in [3.05, 3.63) is 28.8 Å². The Morgan fingerprint density at radius 3 is 2.28 bits per heavy atom. The zero-order valence-corrected chi connectivity index (χ0v) is 28.3. The number of aromatic carboxylic acids is 1. The molecule has 0 amide bonds. The highest BCUT2D eigenvalue weighted by atomic mass is 16.6. The average Bonchev–Trinajstić information content (AvgIpc) is 3.24. The molecule has 0 spiro atoms. The lowest BCUT2D eigenvalue weighted by Gasteiger charge is -2.49. The molecule has 0 aliphatic carbocycles. The normalized spacial score (nSPS) is 34.0. The molecule has 7 nitrogen and oxygen atoms in total. The lowest BCUT2D eigenvalue weighted by molar-refractivity contribution is -0.227. The molecule has 0 bridgehead atoms. The van der Waals surface area contributed by atoms with Gasteiger partial charge in [-0.25, -0.2) is 4.79 Å². The van der Waals surface area contributed by atoms with E-state index in [2.05, 4.69) is 41.5 Å². The van der Waals surface area contributed by atoms with Crippen molar-refractivity contribution in [1.82, 2.24) is 0 Å². The first-order valence-electron chi connectivity index (χ1n) is 16.6. The summed E-state index contributed by atoms with van der Waals surface area (Å²) in [5.41, 5.74) is -0.0122. The van der Waals surface area contributed by atoms with Crippen molar-refractivity contribution >= 4 is 11.8 Å². The second-order valence-corrected chi connectivity index (χ2v) is 14.4. The number of carboxylic acids is 1. The van der Waals surface area contributed by atoms with Crippen molar-refractivity contribution < 1.29 is 34.4 Å². The maximum Gasteiger partial charge on any atom is 0.339 e. The first kappa shape index (κ1) is 35.5. The number of carbonyl (C=O) groups is 2. The number of benzene rings is 1. The molecule has 2 heterocycles. The Labute approximate surface area is 259 Å². The smallest absolute Gasteiger partial charge is 0.339 e. The number of hydrogen-bond donors (Lipinski definition) is 3. The number of aryl methyl sites for hydroxylation is 2. The van der Waals surface area contributed by atoms with E-state index < -0.39 is 29.2 Å². The highest BCUT2D eigenvalue weighted by Gasteiger charge is 2.60. The van der Waals surface area contributed by atoms with Crippen molar-refractivity contribution in [3.8, 4) is 5.75 Å². The van der Waals surface area contributed by atoms with Gasteiger partial charge in [0.15, 0.2) is 0 Å². The van der Waals surface area contributed by atoms with E-state index in [1.165, 1.54) is 0 Å². The summed E-state index contributed by atoms with van der Waals surface area (Å²) in [6, 6.07) is 3.43. The molecule has 0 saturated carbocycles. The molecule has 7 heteroatoms. The van der Waals surface area contributed by atoms with E-state index in [0.29, 0.717) is 30.4 Å². The van der Waals surface area contributed by atoms with Gasteiger partial charge in [-0.15, -0.1) is 0 Å². The number of ketones is 1. The largest absolute Gasteiger partial charge is 0.507 e. The van der Waals surface area contributed by atoms with Gasteiger partial charge in [-0.1, -0.05) is 60.6 Å². The summed E-state index contributed by atoms with van der Waals surface area (Å²) in [6.45, 7) is 20.6. The molecule has 2 aliphatic rings. The third-order valence-electron chi connectivity index (χ3n) is 11.9. The second-order valence-electron chi connectivity index (χ2n) is 14.4. The summed E-state index contributed by atoms with van der Waals surface area (Å²) < 4.78 is 13.8. The minimum atomic E-state index is -1.17. The molecule has 1 aromatic rings. The van der Waals surface area contributed by atoms with E-state index in [1.54, 1.807) is 26.0 Å². The number of phenols is 1. The lowest BCUT2D eigenvalue weighted by atomic mass is 9.70. The quantitative estimate of drug-likeness (QED) is 0.214. The Hall–Kier alpha value is -1.96. The number of hydrogen-bond acceptors (Lipinski definition) is 6.